The fourth-order valence-electron chi connectivity index (χ4n) is 2.21. The van der Waals surface area contributed by atoms with E-state index in [2.05, 4.69) is 43.4 Å². The molecule has 0 saturated heterocycles. The Morgan fingerprint density at radius 2 is 2.19 bits per heavy atom. The summed E-state index contributed by atoms with van der Waals surface area (Å²) in [5.74, 6) is 0.797. The Labute approximate surface area is 97.1 Å². The van der Waals surface area contributed by atoms with E-state index >= 15 is 0 Å². The molecular weight excluding hydrogens is 198 g/mol. The molecule has 1 N–H and O–H groups in total. The molecule has 1 aliphatic rings. The first-order valence-electron chi connectivity index (χ1n) is 5.99. The molecule has 2 rings (SSSR count). The van der Waals surface area contributed by atoms with Gasteiger partial charge in [0.05, 0.1) is 6.54 Å². The summed E-state index contributed by atoms with van der Waals surface area (Å²) in [6.07, 6.45) is 1.76. The van der Waals surface area contributed by atoms with Gasteiger partial charge in [0.1, 0.15) is 5.78 Å². The molecule has 1 unspecified atom stereocenters. The van der Waals surface area contributed by atoms with Gasteiger partial charge in [0.15, 0.2) is 0 Å². The molecule has 0 aromatic heterocycles. The van der Waals surface area contributed by atoms with E-state index in [-0.39, 0.29) is 0 Å². The second-order valence-corrected chi connectivity index (χ2v) is 4.88. The Kier molecular flexibility index (Phi) is 3.39. The van der Waals surface area contributed by atoms with E-state index in [1.54, 1.807) is 0 Å². The van der Waals surface area contributed by atoms with Crippen LogP contribution in [0.1, 0.15) is 37.3 Å². The first-order chi connectivity index (χ1) is 7.66. The smallest absolute Gasteiger partial charge is 0.147 e. The maximum Gasteiger partial charge on any atom is 0.147 e. The molecule has 1 aliphatic carbocycles. The van der Waals surface area contributed by atoms with Gasteiger partial charge in [-0.2, -0.15) is 0 Å². The topological polar surface area (TPSA) is 29.1 Å². The van der Waals surface area contributed by atoms with E-state index in [0.717, 1.165) is 6.42 Å². The fourth-order valence-corrected chi connectivity index (χ4v) is 2.21. The maximum atomic E-state index is 11.7. The molecular formula is C14H19NO. The van der Waals surface area contributed by atoms with Crippen molar-refractivity contribution in [2.24, 2.45) is 0 Å². The Morgan fingerprint density at radius 1 is 1.44 bits per heavy atom. The quantitative estimate of drug-likeness (QED) is 0.820. The van der Waals surface area contributed by atoms with E-state index in [1.165, 1.54) is 11.1 Å². The van der Waals surface area contributed by atoms with Crippen LogP contribution in [0.3, 0.4) is 0 Å². The molecule has 2 heteroatoms. The first-order valence-corrected chi connectivity index (χ1v) is 5.99. The standard InChI is InChI=1S/C14H19NO/c1-10(2)15-9-13(16)8-12-7-11-5-3-4-6-14(11)12/h3-6,10,12,15H,7-9H2,1-2H3. The minimum Gasteiger partial charge on any atom is -0.308 e. The van der Waals surface area contributed by atoms with Gasteiger partial charge in [-0.05, 0) is 23.5 Å². The molecule has 1 aromatic rings. The van der Waals surface area contributed by atoms with Gasteiger partial charge in [0, 0.05) is 12.5 Å². The number of carbonyl (C=O) groups is 1. The van der Waals surface area contributed by atoms with Crippen molar-refractivity contribution in [3.8, 4) is 0 Å². The number of ketones is 1. The monoisotopic (exact) mass is 217 g/mol. The van der Waals surface area contributed by atoms with Crippen LogP contribution in [-0.4, -0.2) is 18.4 Å². The van der Waals surface area contributed by atoms with Crippen molar-refractivity contribution >= 4 is 5.78 Å². The van der Waals surface area contributed by atoms with Crippen LogP contribution in [0.25, 0.3) is 0 Å². The third kappa shape index (κ3) is 2.50. The van der Waals surface area contributed by atoms with Gasteiger partial charge in [-0.3, -0.25) is 4.79 Å². The van der Waals surface area contributed by atoms with Gasteiger partial charge in [0.2, 0.25) is 0 Å². The van der Waals surface area contributed by atoms with E-state index in [1.807, 2.05) is 0 Å². The van der Waals surface area contributed by atoms with Crippen LogP contribution in [0.2, 0.25) is 0 Å². The summed E-state index contributed by atoms with van der Waals surface area (Å²) in [7, 11) is 0. The lowest BCUT2D eigenvalue weighted by Crippen LogP contribution is -2.31. The molecule has 0 bridgehead atoms. The van der Waals surface area contributed by atoms with E-state index in [0.29, 0.717) is 30.7 Å². The van der Waals surface area contributed by atoms with E-state index in [9.17, 15) is 4.79 Å². The lowest BCUT2D eigenvalue weighted by molar-refractivity contribution is -0.118. The van der Waals surface area contributed by atoms with Gasteiger partial charge in [-0.15, -0.1) is 0 Å². The molecule has 86 valence electrons. The number of nitrogens with one attached hydrogen (secondary N) is 1. The maximum absolute atomic E-state index is 11.7. The normalized spacial score (nSPS) is 18.1. The molecule has 2 nitrogen and oxygen atoms in total. The summed E-state index contributed by atoms with van der Waals surface area (Å²) in [6.45, 7) is 4.63. The predicted molar refractivity (Wildman–Crippen MR) is 65.6 cm³/mol. The summed E-state index contributed by atoms with van der Waals surface area (Å²) >= 11 is 0. The van der Waals surface area contributed by atoms with Crippen LogP contribution < -0.4 is 5.32 Å². The molecule has 1 aromatic carbocycles. The van der Waals surface area contributed by atoms with Crippen LogP contribution >= 0.6 is 0 Å². The van der Waals surface area contributed by atoms with Gasteiger partial charge < -0.3 is 5.32 Å². The zero-order chi connectivity index (χ0) is 11.5. The highest BCUT2D eigenvalue weighted by Crippen LogP contribution is 2.37. The molecule has 0 amide bonds. The highest BCUT2D eigenvalue weighted by Gasteiger charge is 2.26. The molecule has 0 aliphatic heterocycles. The molecule has 0 fully saturated rings. The number of hydrogen-bond donors (Lipinski definition) is 1. The van der Waals surface area contributed by atoms with Crippen molar-refractivity contribution in [1.29, 1.82) is 0 Å². The van der Waals surface area contributed by atoms with Crippen LogP contribution in [0.5, 0.6) is 0 Å². The number of benzene rings is 1. The van der Waals surface area contributed by atoms with Gasteiger partial charge in [-0.1, -0.05) is 38.1 Å². The Balaban J connectivity index is 1.83. The first kappa shape index (κ1) is 11.3. The Morgan fingerprint density at radius 3 is 2.88 bits per heavy atom. The number of Topliss-reactive ketones (excluding diaryl/α,β-unsaturated/α-hetero) is 1. The van der Waals surface area contributed by atoms with Crippen molar-refractivity contribution in [3.63, 3.8) is 0 Å². The zero-order valence-electron chi connectivity index (χ0n) is 9.99. The van der Waals surface area contributed by atoms with Crippen LogP contribution in [0.4, 0.5) is 0 Å². The summed E-state index contributed by atoms with van der Waals surface area (Å²) in [5.41, 5.74) is 2.79. The highest BCUT2D eigenvalue weighted by molar-refractivity contribution is 5.81. The van der Waals surface area contributed by atoms with Crippen molar-refractivity contribution in [3.05, 3.63) is 35.4 Å². The highest BCUT2D eigenvalue weighted by atomic mass is 16.1. The summed E-state index contributed by atoms with van der Waals surface area (Å²) < 4.78 is 0. The summed E-state index contributed by atoms with van der Waals surface area (Å²) in [4.78, 5) is 11.7. The molecule has 1 atom stereocenters. The summed E-state index contributed by atoms with van der Waals surface area (Å²) in [6, 6.07) is 8.81. The SMILES string of the molecule is CC(C)NCC(=O)CC1Cc2ccccc21. The largest absolute Gasteiger partial charge is 0.308 e. The zero-order valence-corrected chi connectivity index (χ0v) is 9.99. The van der Waals surface area contributed by atoms with E-state index < -0.39 is 0 Å². The van der Waals surface area contributed by atoms with E-state index in [4.69, 9.17) is 0 Å². The van der Waals surface area contributed by atoms with Crippen molar-refractivity contribution < 1.29 is 4.79 Å². The molecule has 16 heavy (non-hydrogen) atoms. The number of rotatable bonds is 5. The fraction of sp³-hybridized carbons (Fsp3) is 0.500. The van der Waals surface area contributed by atoms with Crippen molar-refractivity contribution in [2.45, 2.75) is 38.6 Å². The van der Waals surface area contributed by atoms with Gasteiger partial charge in [-0.25, -0.2) is 0 Å². The second kappa shape index (κ2) is 4.79. The van der Waals surface area contributed by atoms with Gasteiger partial charge in [0.25, 0.3) is 0 Å². The third-order valence-electron chi connectivity index (χ3n) is 3.14. The molecule has 0 saturated carbocycles. The van der Waals surface area contributed by atoms with Crippen LogP contribution in [-0.2, 0) is 11.2 Å². The third-order valence-corrected chi connectivity index (χ3v) is 3.14. The molecule has 0 spiro atoms. The van der Waals surface area contributed by atoms with Gasteiger partial charge >= 0.3 is 0 Å². The van der Waals surface area contributed by atoms with Crippen LogP contribution in [0, 0.1) is 0 Å². The van der Waals surface area contributed by atoms with Crippen LogP contribution in [0.15, 0.2) is 24.3 Å². The van der Waals surface area contributed by atoms with Crippen molar-refractivity contribution in [2.75, 3.05) is 6.54 Å². The number of hydrogen-bond acceptors (Lipinski definition) is 2. The minimum absolute atomic E-state index is 0.327. The lowest BCUT2D eigenvalue weighted by atomic mass is 9.75. The number of fused-ring (bicyclic) bond motifs is 1. The summed E-state index contributed by atoms with van der Waals surface area (Å²) in [5, 5.41) is 3.17. The Hall–Kier alpha value is -1.15. The predicted octanol–water partition coefficient (Wildman–Crippen LogP) is 2.28. The van der Waals surface area contributed by atoms with Crippen molar-refractivity contribution in [1.82, 2.24) is 5.32 Å². The molecule has 0 heterocycles. The lowest BCUT2D eigenvalue weighted by Gasteiger charge is -2.29. The number of carbonyl (C=O) groups excluding carboxylic acids is 1. The average Bonchev–Trinajstić information content (AvgIpc) is 2.23. The minimum atomic E-state index is 0.327. The molecule has 0 radical (unpaired) electrons. The Bertz CT molecular complexity index is 384. The second-order valence-electron chi connectivity index (χ2n) is 4.88. The average molecular weight is 217 g/mol.